The van der Waals surface area contributed by atoms with E-state index in [9.17, 15) is 0 Å². The first kappa shape index (κ1) is 11.2. The van der Waals surface area contributed by atoms with Crippen molar-refractivity contribution in [3.05, 3.63) is 54.6 Å². The zero-order valence-corrected chi connectivity index (χ0v) is 9.93. The van der Waals surface area contributed by atoms with Crippen LogP contribution in [0.15, 0.2) is 53.9 Å². The largest absolute Gasteiger partial charge is 0.409 e. The standard InChI is InChI=1S/C13H11N5O/c14-12(17-19)13-15-7-8-18(13)11-6-5-9-3-1-2-4-10(9)16-11/h1-8,19H,(H2,14,17). The van der Waals surface area contributed by atoms with Gasteiger partial charge in [0.1, 0.15) is 5.82 Å². The minimum atomic E-state index is -0.0556. The van der Waals surface area contributed by atoms with E-state index >= 15 is 0 Å². The lowest BCUT2D eigenvalue weighted by Gasteiger charge is -2.06. The lowest BCUT2D eigenvalue weighted by atomic mass is 10.2. The monoisotopic (exact) mass is 253 g/mol. The van der Waals surface area contributed by atoms with E-state index in [1.807, 2.05) is 36.4 Å². The number of hydrogen-bond acceptors (Lipinski definition) is 4. The molecule has 0 atom stereocenters. The summed E-state index contributed by atoms with van der Waals surface area (Å²) in [5.74, 6) is 0.961. The van der Waals surface area contributed by atoms with Crippen LogP contribution in [0, 0.1) is 0 Å². The summed E-state index contributed by atoms with van der Waals surface area (Å²) >= 11 is 0. The molecular formula is C13H11N5O. The molecule has 0 saturated heterocycles. The van der Waals surface area contributed by atoms with Crippen LogP contribution in [0.2, 0.25) is 0 Å². The van der Waals surface area contributed by atoms with Gasteiger partial charge >= 0.3 is 0 Å². The number of nitrogens with zero attached hydrogens (tertiary/aromatic N) is 4. The van der Waals surface area contributed by atoms with Crippen molar-refractivity contribution in [3.63, 3.8) is 0 Å². The van der Waals surface area contributed by atoms with Crippen molar-refractivity contribution < 1.29 is 5.21 Å². The first-order valence-corrected chi connectivity index (χ1v) is 5.67. The summed E-state index contributed by atoms with van der Waals surface area (Å²) in [6, 6.07) is 11.6. The van der Waals surface area contributed by atoms with Crippen LogP contribution in [-0.4, -0.2) is 25.6 Å². The van der Waals surface area contributed by atoms with Crippen molar-refractivity contribution in [2.24, 2.45) is 10.9 Å². The number of amidine groups is 1. The van der Waals surface area contributed by atoms with E-state index in [1.54, 1.807) is 17.0 Å². The fourth-order valence-electron chi connectivity index (χ4n) is 1.91. The van der Waals surface area contributed by atoms with Crippen LogP contribution < -0.4 is 5.73 Å². The van der Waals surface area contributed by atoms with Crippen molar-refractivity contribution in [2.45, 2.75) is 0 Å². The summed E-state index contributed by atoms with van der Waals surface area (Å²) in [5.41, 5.74) is 6.45. The highest BCUT2D eigenvalue weighted by Crippen LogP contribution is 2.15. The maximum Gasteiger partial charge on any atom is 0.206 e. The Kier molecular flexibility index (Phi) is 2.60. The predicted molar refractivity (Wildman–Crippen MR) is 71.4 cm³/mol. The van der Waals surface area contributed by atoms with Crippen LogP contribution in [0.3, 0.4) is 0 Å². The average molecular weight is 253 g/mol. The molecule has 0 bridgehead atoms. The minimum absolute atomic E-state index is 0.0556. The van der Waals surface area contributed by atoms with Crippen molar-refractivity contribution in [1.82, 2.24) is 14.5 Å². The highest BCUT2D eigenvalue weighted by molar-refractivity contribution is 5.94. The fraction of sp³-hybridized carbons (Fsp3) is 0. The second-order valence-electron chi connectivity index (χ2n) is 3.97. The number of oxime groups is 1. The third kappa shape index (κ3) is 1.89. The molecule has 0 aliphatic rings. The summed E-state index contributed by atoms with van der Waals surface area (Å²) in [5, 5.41) is 12.8. The molecule has 1 aromatic carbocycles. The third-order valence-electron chi connectivity index (χ3n) is 2.81. The number of nitrogens with two attached hydrogens (primary N) is 1. The van der Waals surface area contributed by atoms with Gasteiger partial charge in [-0.2, -0.15) is 0 Å². The molecule has 0 unspecified atom stereocenters. The van der Waals surface area contributed by atoms with E-state index in [0.717, 1.165) is 10.9 Å². The molecule has 19 heavy (non-hydrogen) atoms. The summed E-state index contributed by atoms with van der Waals surface area (Å²) < 4.78 is 1.67. The highest BCUT2D eigenvalue weighted by Gasteiger charge is 2.10. The third-order valence-corrected chi connectivity index (χ3v) is 2.81. The molecule has 2 heterocycles. The van der Waals surface area contributed by atoms with Gasteiger partial charge in [0.15, 0.2) is 5.82 Å². The Morgan fingerprint density at radius 2 is 2.05 bits per heavy atom. The number of fused-ring (bicyclic) bond motifs is 1. The van der Waals surface area contributed by atoms with Gasteiger partial charge in [0.2, 0.25) is 5.84 Å². The fourth-order valence-corrected chi connectivity index (χ4v) is 1.91. The van der Waals surface area contributed by atoms with E-state index in [0.29, 0.717) is 11.6 Å². The summed E-state index contributed by atoms with van der Waals surface area (Å²) in [4.78, 5) is 8.58. The molecule has 3 N–H and O–H groups in total. The SMILES string of the molecule is NC(=NO)c1nccn1-c1ccc2ccccc2n1. The number of aromatic nitrogens is 3. The second-order valence-corrected chi connectivity index (χ2v) is 3.97. The smallest absolute Gasteiger partial charge is 0.206 e. The van der Waals surface area contributed by atoms with Gasteiger partial charge in [-0.25, -0.2) is 9.97 Å². The first-order chi connectivity index (χ1) is 9.29. The molecule has 0 radical (unpaired) electrons. The maximum absolute atomic E-state index is 8.74. The van der Waals surface area contributed by atoms with Gasteiger partial charge in [0.05, 0.1) is 5.52 Å². The Balaban J connectivity index is 2.17. The summed E-state index contributed by atoms with van der Waals surface area (Å²) in [6.45, 7) is 0. The molecule has 3 aromatic rings. The molecule has 6 nitrogen and oxygen atoms in total. The molecule has 0 amide bonds. The van der Waals surface area contributed by atoms with E-state index in [-0.39, 0.29) is 5.84 Å². The van der Waals surface area contributed by atoms with Gasteiger partial charge in [-0.05, 0) is 18.2 Å². The molecule has 3 rings (SSSR count). The summed E-state index contributed by atoms with van der Waals surface area (Å²) in [6.07, 6.45) is 3.29. The number of imidazole rings is 1. The van der Waals surface area contributed by atoms with E-state index in [1.165, 1.54) is 0 Å². The van der Waals surface area contributed by atoms with Crippen LogP contribution in [0.4, 0.5) is 0 Å². The number of benzene rings is 1. The zero-order chi connectivity index (χ0) is 13.2. The molecule has 0 fully saturated rings. The molecule has 2 aromatic heterocycles. The van der Waals surface area contributed by atoms with Gasteiger partial charge < -0.3 is 10.9 Å². The van der Waals surface area contributed by atoms with Crippen LogP contribution in [-0.2, 0) is 0 Å². The first-order valence-electron chi connectivity index (χ1n) is 5.67. The Labute approximate surface area is 108 Å². The predicted octanol–water partition coefficient (Wildman–Crippen LogP) is 1.51. The molecule has 94 valence electrons. The van der Waals surface area contributed by atoms with Crippen LogP contribution in [0.1, 0.15) is 5.82 Å². The van der Waals surface area contributed by atoms with Crippen molar-refractivity contribution >= 4 is 16.7 Å². The topological polar surface area (TPSA) is 89.3 Å². The highest BCUT2D eigenvalue weighted by atomic mass is 16.4. The van der Waals surface area contributed by atoms with Crippen molar-refractivity contribution in [2.75, 3.05) is 0 Å². The lowest BCUT2D eigenvalue weighted by molar-refractivity contribution is 0.318. The lowest BCUT2D eigenvalue weighted by Crippen LogP contribution is -2.19. The molecule has 0 saturated carbocycles. The van der Waals surface area contributed by atoms with Gasteiger partial charge in [-0.3, -0.25) is 4.57 Å². The summed E-state index contributed by atoms with van der Waals surface area (Å²) in [7, 11) is 0. The molecule has 6 heteroatoms. The van der Waals surface area contributed by atoms with E-state index in [4.69, 9.17) is 10.9 Å². The second kappa shape index (κ2) is 4.41. The normalized spacial score (nSPS) is 11.9. The number of pyridine rings is 1. The van der Waals surface area contributed by atoms with Crippen LogP contribution >= 0.6 is 0 Å². The van der Waals surface area contributed by atoms with E-state index < -0.39 is 0 Å². The molecular weight excluding hydrogens is 242 g/mol. The number of rotatable bonds is 2. The van der Waals surface area contributed by atoms with Crippen LogP contribution in [0.5, 0.6) is 0 Å². The van der Waals surface area contributed by atoms with Gasteiger partial charge in [-0.1, -0.05) is 23.4 Å². The molecule has 0 spiro atoms. The van der Waals surface area contributed by atoms with Crippen molar-refractivity contribution in [3.8, 4) is 5.82 Å². The van der Waals surface area contributed by atoms with Gasteiger partial charge in [-0.15, -0.1) is 0 Å². The maximum atomic E-state index is 8.74. The van der Waals surface area contributed by atoms with Gasteiger partial charge in [0, 0.05) is 17.8 Å². The Morgan fingerprint density at radius 3 is 2.89 bits per heavy atom. The van der Waals surface area contributed by atoms with Gasteiger partial charge in [0.25, 0.3) is 0 Å². The molecule has 0 aliphatic carbocycles. The molecule has 0 aliphatic heterocycles. The van der Waals surface area contributed by atoms with Crippen LogP contribution in [0.25, 0.3) is 16.7 Å². The number of hydrogen-bond donors (Lipinski definition) is 2. The quantitative estimate of drug-likeness (QED) is 0.313. The Morgan fingerprint density at radius 1 is 1.21 bits per heavy atom. The Hall–Kier alpha value is -2.89. The minimum Gasteiger partial charge on any atom is -0.409 e. The number of para-hydroxylation sites is 1. The van der Waals surface area contributed by atoms with Crippen molar-refractivity contribution in [1.29, 1.82) is 0 Å². The zero-order valence-electron chi connectivity index (χ0n) is 9.93. The average Bonchev–Trinajstić information content (AvgIpc) is 2.95. The van der Waals surface area contributed by atoms with E-state index in [2.05, 4.69) is 15.1 Å². The Bertz CT molecular complexity index is 762.